The van der Waals surface area contributed by atoms with Crippen LogP contribution in [-0.4, -0.2) is 18.4 Å². The number of primary amides is 1. The molecule has 4 N–H and O–H groups in total. The minimum Gasteiger partial charge on any atom is -0.424 e. The van der Waals surface area contributed by atoms with E-state index in [1.54, 1.807) is 6.07 Å². The van der Waals surface area contributed by atoms with Gasteiger partial charge in [-0.1, -0.05) is 49.7 Å². The van der Waals surface area contributed by atoms with Crippen LogP contribution in [0.15, 0.2) is 42.5 Å². The SMILES string of the molecule is CCCc1ccc(C(N)=O)c(OC(=O)CN)c1-c1ccccc1. The highest BCUT2D eigenvalue weighted by Crippen LogP contribution is 2.37. The lowest BCUT2D eigenvalue weighted by atomic mass is 9.93. The fourth-order valence-electron chi connectivity index (χ4n) is 2.48. The van der Waals surface area contributed by atoms with Gasteiger partial charge < -0.3 is 16.2 Å². The lowest BCUT2D eigenvalue weighted by molar-refractivity contribution is -0.132. The summed E-state index contributed by atoms with van der Waals surface area (Å²) in [4.78, 5) is 23.5. The molecule has 120 valence electrons. The van der Waals surface area contributed by atoms with Crippen molar-refractivity contribution < 1.29 is 14.3 Å². The molecule has 0 saturated heterocycles. The Morgan fingerprint density at radius 3 is 2.35 bits per heavy atom. The van der Waals surface area contributed by atoms with Crippen LogP contribution >= 0.6 is 0 Å². The van der Waals surface area contributed by atoms with Gasteiger partial charge in [-0.15, -0.1) is 0 Å². The molecule has 5 heteroatoms. The lowest BCUT2D eigenvalue weighted by Gasteiger charge is -2.17. The highest BCUT2D eigenvalue weighted by Gasteiger charge is 2.21. The summed E-state index contributed by atoms with van der Waals surface area (Å²) >= 11 is 0. The molecule has 0 spiro atoms. The topological polar surface area (TPSA) is 95.4 Å². The summed E-state index contributed by atoms with van der Waals surface area (Å²) in [5, 5.41) is 0. The van der Waals surface area contributed by atoms with Crippen molar-refractivity contribution in [3.05, 3.63) is 53.6 Å². The normalized spacial score (nSPS) is 10.3. The summed E-state index contributed by atoms with van der Waals surface area (Å²) in [5.41, 5.74) is 13.5. The smallest absolute Gasteiger partial charge is 0.325 e. The maximum absolute atomic E-state index is 11.7. The van der Waals surface area contributed by atoms with E-state index in [0.717, 1.165) is 24.0 Å². The Balaban J connectivity index is 2.72. The van der Waals surface area contributed by atoms with E-state index in [1.165, 1.54) is 0 Å². The first-order valence-electron chi connectivity index (χ1n) is 7.50. The van der Waals surface area contributed by atoms with Gasteiger partial charge >= 0.3 is 5.97 Å². The van der Waals surface area contributed by atoms with Crippen LogP contribution in [0.3, 0.4) is 0 Å². The quantitative estimate of drug-likeness (QED) is 0.632. The Kier molecular flexibility index (Phi) is 5.49. The molecule has 0 aromatic heterocycles. The van der Waals surface area contributed by atoms with Crippen molar-refractivity contribution in [3.8, 4) is 16.9 Å². The highest BCUT2D eigenvalue weighted by atomic mass is 16.5. The molecule has 0 aliphatic carbocycles. The van der Waals surface area contributed by atoms with E-state index in [4.69, 9.17) is 16.2 Å². The van der Waals surface area contributed by atoms with Crippen molar-refractivity contribution in [3.63, 3.8) is 0 Å². The maximum atomic E-state index is 11.7. The average molecular weight is 312 g/mol. The van der Waals surface area contributed by atoms with Gasteiger partial charge in [0.05, 0.1) is 12.1 Å². The molecular weight excluding hydrogens is 292 g/mol. The standard InChI is InChI=1S/C18H20N2O3/c1-2-6-12-9-10-14(18(20)22)17(23-15(21)11-19)16(12)13-7-4-3-5-8-13/h3-5,7-10H,2,6,11,19H2,1H3,(H2,20,22). The first-order valence-corrected chi connectivity index (χ1v) is 7.50. The zero-order chi connectivity index (χ0) is 16.8. The molecule has 0 saturated carbocycles. The molecule has 0 fully saturated rings. The van der Waals surface area contributed by atoms with Crippen LogP contribution in [0.5, 0.6) is 5.75 Å². The van der Waals surface area contributed by atoms with E-state index >= 15 is 0 Å². The fourth-order valence-corrected chi connectivity index (χ4v) is 2.48. The van der Waals surface area contributed by atoms with Gasteiger partial charge in [0, 0.05) is 5.56 Å². The number of ether oxygens (including phenoxy) is 1. The Morgan fingerprint density at radius 2 is 1.78 bits per heavy atom. The molecule has 0 heterocycles. The van der Waals surface area contributed by atoms with Gasteiger partial charge in [-0.2, -0.15) is 0 Å². The Hall–Kier alpha value is -2.66. The van der Waals surface area contributed by atoms with E-state index < -0.39 is 11.9 Å². The lowest BCUT2D eigenvalue weighted by Crippen LogP contribution is -2.22. The molecule has 2 aromatic carbocycles. The second kappa shape index (κ2) is 7.56. The van der Waals surface area contributed by atoms with E-state index in [0.29, 0.717) is 5.56 Å². The minimum absolute atomic E-state index is 0.172. The predicted molar refractivity (Wildman–Crippen MR) is 89.1 cm³/mol. The summed E-state index contributed by atoms with van der Waals surface area (Å²) in [5.74, 6) is -1.08. The van der Waals surface area contributed by atoms with E-state index in [1.807, 2.05) is 36.4 Å². The number of aryl methyl sites for hydroxylation is 1. The van der Waals surface area contributed by atoms with Crippen molar-refractivity contribution in [2.45, 2.75) is 19.8 Å². The third kappa shape index (κ3) is 3.76. The number of hydrogen-bond donors (Lipinski definition) is 2. The summed E-state index contributed by atoms with van der Waals surface area (Å²) < 4.78 is 5.36. The van der Waals surface area contributed by atoms with Crippen LogP contribution in [0.1, 0.15) is 29.3 Å². The van der Waals surface area contributed by atoms with Crippen LogP contribution in [-0.2, 0) is 11.2 Å². The summed E-state index contributed by atoms with van der Waals surface area (Å²) in [6.45, 7) is 1.78. The number of rotatable bonds is 6. The van der Waals surface area contributed by atoms with Crippen molar-refractivity contribution in [1.82, 2.24) is 0 Å². The fraction of sp³-hybridized carbons (Fsp3) is 0.222. The number of hydrogen-bond acceptors (Lipinski definition) is 4. The third-order valence-corrected chi connectivity index (χ3v) is 3.47. The predicted octanol–water partition coefficient (Wildman–Crippen LogP) is 2.27. The summed E-state index contributed by atoms with van der Waals surface area (Å²) in [7, 11) is 0. The van der Waals surface area contributed by atoms with Gasteiger partial charge in [0.25, 0.3) is 5.91 Å². The number of benzene rings is 2. The molecule has 2 rings (SSSR count). The van der Waals surface area contributed by atoms with E-state index in [2.05, 4.69) is 6.92 Å². The molecule has 0 aliphatic rings. The number of amides is 1. The van der Waals surface area contributed by atoms with Gasteiger partial charge in [-0.05, 0) is 23.6 Å². The van der Waals surface area contributed by atoms with Crippen molar-refractivity contribution in [2.24, 2.45) is 11.5 Å². The molecular formula is C18H20N2O3. The van der Waals surface area contributed by atoms with Gasteiger partial charge in [-0.3, -0.25) is 9.59 Å². The second-order valence-electron chi connectivity index (χ2n) is 5.13. The van der Waals surface area contributed by atoms with E-state index in [-0.39, 0.29) is 17.9 Å². The first kappa shape index (κ1) is 16.7. The van der Waals surface area contributed by atoms with Gasteiger partial charge in [-0.25, -0.2) is 0 Å². The molecule has 1 amide bonds. The highest BCUT2D eigenvalue weighted by molar-refractivity contribution is 6.00. The van der Waals surface area contributed by atoms with Crippen LogP contribution in [0.25, 0.3) is 11.1 Å². The van der Waals surface area contributed by atoms with Crippen LogP contribution in [0.2, 0.25) is 0 Å². The van der Waals surface area contributed by atoms with Gasteiger partial charge in [0.2, 0.25) is 0 Å². The molecule has 0 bridgehead atoms. The first-order chi connectivity index (χ1) is 11.1. The summed E-state index contributed by atoms with van der Waals surface area (Å²) in [6, 6.07) is 12.9. The van der Waals surface area contributed by atoms with Gasteiger partial charge in [0.1, 0.15) is 0 Å². The molecule has 2 aromatic rings. The third-order valence-electron chi connectivity index (χ3n) is 3.47. The molecule has 0 aliphatic heterocycles. The number of nitrogens with two attached hydrogens (primary N) is 2. The van der Waals surface area contributed by atoms with E-state index in [9.17, 15) is 9.59 Å². The molecule has 0 radical (unpaired) electrons. The average Bonchev–Trinajstić information content (AvgIpc) is 2.55. The largest absolute Gasteiger partial charge is 0.424 e. The van der Waals surface area contributed by atoms with Crippen molar-refractivity contribution >= 4 is 11.9 Å². The molecule has 0 unspecified atom stereocenters. The Labute approximate surface area is 135 Å². The van der Waals surface area contributed by atoms with Crippen LogP contribution < -0.4 is 16.2 Å². The number of carbonyl (C=O) groups is 2. The molecule has 23 heavy (non-hydrogen) atoms. The zero-order valence-corrected chi connectivity index (χ0v) is 13.0. The number of carbonyl (C=O) groups excluding carboxylic acids is 2. The Morgan fingerprint density at radius 1 is 1.09 bits per heavy atom. The zero-order valence-electron chi connectivity index (χ0n) is 13.0. The molecule has 0 atom stereocenters. The maximum Gasteiger partial charge on any atom is 0.325 e. The minimum atomic E-state index is -0.648. The van der Waals surface area contributed by atoms with Crippen LogP contribution in [0.4, 0.5) is 0 Å². The number of esters is 1. The Bertz CT molecular complexity index is 712. The van der Waals surface area contributed by atoms with Crippen molar-refractivity contribution in [1.29, 1.82) is 0 Å². The summed E-state index contributed by atoms with van der Waals surface area (Å²) in [6.07, 6.45) is 1.70. The monoisotopic (exact) mass is 312 g/mol. The van der Waals surface area contributed by atoms with Crippen LogP contribution in [0, 0.1) is 0 Å². The second-order valence-corrected chi connectivity index (χ2v) is 5.13. The van der Waals surface area contributed by atoms with Gasteiger partial charge in [0.15, 0.2) is 5.75 Å². The molecule has 5 nitrogen and oxygen atoms in total. The van der Waals surface area contributed by atoms with Crippen molar-refractivity contribution in [2.75, 3.05) is 6.54 Å².